The van der Waals surface area contributed by atoms with Crippen molar-refractivity contribution in [1.82, 2.24) is 4.90 Å². The minimum atomic E-state index is -4.00. The van der Waals surface area contributed by atoms with Crippen LogP contribution in [-0.4, -0.2) is 54.6 Å². The van der Waals surface area contributed by atoms with Gasteiger partial charge in [0.2, 0.25) is 5.91 Å². The van der Waals surface area contributed by atoms with Gasteiger partial charge in [0.25, 0.3) is 5.92 Å². The van der Waals surface area contributed by atoms with Crippen molar-refractivity contribution in [1.29, 1.82) is 0 Å². The highest BCUT2D eigenvalue weighted by atomic mass is 79.9. The van der Waals surface area contributed by atoms with Gasteiger partial charge in [0.05, 0.1) is 33.5 Å². The summed E-state index contributed by atoms with van der Waals surface area (Å²) in [7, 11) is -4.00. The molecule has 0 unspecified atom stereocenters. The normalized spacial score (nSPS) is 27.1. The molecule has 28 heavy (non-hydrogen) atoms. The highest BCUT2D eigenvalue weighted by Crippen LogP contribution is 2.42. The zero-order chi connectivity index (χ0) is 20.9. The summed E-state index contributed by atoms with van der Waals surface area (Å²) in [5, 5.41) is 8.32. The number of hydrogen-bond acceptors (Lipinski definition) is 4. The maximum absolute atomic E-state index is 13.4. The highest BCUT2D eigenvalue weighted by Gasteiger charge is 2.51. The lowest BCUT2D eigenvalue weighted by Crippen LogP contribution is -2.39. The molecule has 6 nitrogen and oxygen atoms in total. The number of carboxylic acids is 1. The molecule has 0 spiro atoms. The predicted octanol–water partition coefficient (Wildman–Crippen LogP) is 3.22. The van der Waals surface area contributed by atoms with E-state index < -0.39 is 57.7 Å². The van der Waals surface area contributed by atoms with Gasteiger partial charge in [-0.15, -0.1) is 0 Å². The molecule has 11 heteroatoms. The van der Waals surface area contributed by atoms with Gasteiger partial charge in [0.15, 0.2) is 9.84 Å². The molecule has 154 valence electrons. The Morgan fingerprint density at radius 3 is 2.43 bits per heavy atom. The van der Waals surface area contributed by atoms with Crippen molar-refractivity contribution in [2.45, 2.75) is 35.3 Å². The maximum Gasteiger partial charge on any atom is 0.307 e. The van der Waals surface area contributed by atoms with Gasteiger partial charge in [-0.25, -0.2) is 17.2 Å². The smallest absolute Gasteiger partial charge is 0.307 e. The predicted molar refractivity (Wildman–Crippen MR) is 100 cm³/mol. The number of alkyl halides is 2. The zero-order valence-electron chi connectivity index (χ0n) is 14.4. The molecule has 1 saturated heterocycles. The number of amides is 1. The van der Waals surface area contributed by atoms with Crippen LogP contribution in [0.2, 0.25) is 5.02 Å². The van der Waals surface area contributed by atoms with Gasteiger partial charge in [-0.05, 0) is 31.0 Å². The second kappa shape index (κ2) is 7.53. The van der Waals surface area contributed by atoms with Crippen LogP contribution in [0, 0.1) is 11.8 Å². The van der Waals surface area contributed by atoms with E-state index in [-0.39, 0.29) is 29.3 Å². The fraction of sp³-hybridized carbons (Fsp3) is 0.529. The number of carbonyl (C=O) groups excluding carboxylic acids is 1. The second-order valence-electron chi connectivity index (χ2n) is 7.13. The number of carboxylic acid groups (broad SMARTS) is 1. The molecule has 1 amide bonds. The van der Waals surface area contributed by atoms with E-state index in [9.17, 15) is 31.9 Å². The summed E-state index contributed by atoms with van der Waals surface area (Å²) >= 11 is 9.22. The van der Waals surface area contributed by atoms with Gasteiger partial charge in [0, 0.05) is 17.4 Å². The summed E-state index contributed by atoms with van der Waals surface area (Å²) in [6.07, 6.45) is -1.00. The molecular formula is C17H17BrClF2NO5S. The Balaban J connectivity index is 1.87. The van der Waals surface area contributed by atoms with E-state index >= 15 is 0 Å². The molecule has 0 bridgehead atoms. The quantitative estimate of drug-likeness (QED) is 0.685. The lowest BCUT2D eigenvalue weighted by atomic mass is 9.95. The Labute approximate surface area is 173 Å². The molecule has 0 aromatic heterocycles. The van der Waals surface area contributed by atoms with E-state index in [1.807, 2.05) is 0 Å². The molecule has 1 saturated carbocycles. The first kappa shape index (κ1) is 21.4. The van der Waals surface area contributed by atoms with Crippen LogP contribution < -0.4 is 0 Å². The van der Waals surface area contributed by atoms with E-state index in [1.54, 1.807) is 0 Å². The molecular weight excluding hydrogens is 484 g/mol. The molecule has 1 N–H and O–H groups in total. The first-order valence-electron chi connectivity index (χ1n) is 8.51. The number of nitrogens with zero attached hydrogens (tertiary/aromatic N) is 1. The summed E-state index contributed by atoms with van der Waals surface area (Å²) in [4.78, 5) is 25.1. The van der Waals surface area contributed by atoms with Crippen LogP contribution in [0.3, 0.4) is 0 Å². The van der Waals surface area contributed by atoms with Crippen molar-refractivity contribution in [3.05, 3.63) is 27.7 Å². The third kappa shape index (κ3) is 4.04. The standard InChI is InChI=1S/C17H17BrClF2NO5S/c18-9-1-2-14(13(19)5-9)28(26,27)10-6-11(12(7-10)16(24)25)15(23)22-4-3-17(20,21)8-22/h1-2,5,10-12H,3-4,6-8H2,(H,24,25)/t10-,11+,12+/m0/s1. The molecule has 1 aliphatic heterocycles. The van der Waals surface area contributed by atoms with Crippen LogP contribution in [-0.2, 0) is 19.4 Å². The van der Waals surface area contributed by atoms with E-state index in [1.165, 1.54) is 18.2 Å². The first-order chi connectivity index (χ1) is 12.9. The third-order valence-corrected chi connectivity index (χ3v) is 8.42. The van der Waals surface area contributed by atoms with Crippen molar-refractivity contribution in [2.24, 2.45) is 11.8 Å². The Kier molecular flexibility index (Phi) is 5.77. The molecule has 2 fully saturated rings. The zero-order valence-corrected chi connectivity index (χ0v) is 17.6. The van der Waals surface area contributed by atoms with Crippen LogP contribution in [0.5, 0.6) is 0 Å². The summed E-state index contributed by atoms with van der Waals surface area (Å²) in [5.74, 6) is -7.48. The Hall–Kier alpha value is -1.26. The van der Waals surface area contributed by atoms with Crippen molar-refractivity contribution in [3.8, 4) is 0 Å². The number of rotatable bonds is 4. The minimum Gasteiger partial charge on any atom is -0.481 e. The average Bonchev–Trinajstić information content (AvgIpc) is 3.18. The topological polar surface area (TPSA) is 91.7 Å². The number of likely N-dealkylation sites (tertiary alicyclic amines) is 1. The highest BCUT2D eigenvalue weighted by molar-refractivity contribution is 9.10. The van der Waals surface area contributed by atoms with Crippen molar-refractivity contribution in [2.75, 3.05) is 13.1 Å². The summed E-state index contributed by atoms with van der Waals surface area (Å²) in [6.45, 7) is -0.949. The van der Waals surface area contributed by atoms with Crippen molar-refractivity contribution >= 4 is 49.2 Å². The lowest BCUT2D eigenvalue weighted by molar-refractivity contribution is -0.149. The number of aliphatic carboxylic acids is 1. The van der Waals surface area contributed by atoms with Gasteiger partial charge < -0.3 is 10.0 Å². The third-order valence-electron chi connectivity index (χ3n) is 5.27. The fourth-order valence-electron chi connectivity index (χ4n) is 3.83. The van der Waals surface area contributed by atoms with Crippen LogP contribution in [0.25, 0.3) is 0 Å². The summed E-state index contributed by atoms with van der Waals surface area (Å²) < 4.78 is 53.4. The molecule has 0 radical (unpaired) electrons. The monoisotopic (exact) mass is 499 g/mol. The molecule has 1 aliphatic carbocycles. The number of carbonyl (C=O) groups is 2. The van der Waals surface area contributed by atoms with Crippen molar-refractivity contribution in [3.63, 3.8) is 0 Å². The largest absolute Gasteiger partial charge is 0.481 e. The Morgan fingerprint density at radius 2 is 1.89 bits per heavy atom. The fourth-order valence-corrected chi connectivity index (χ4v) is 6.70. The van der Waals surface area contributed by atoms with E-state index in [4.69, 9.17) is 11.6 Å². The molecule has 2 aliphatic rings. The van der Waals surface area contributed by atoms with Gasteiger partial charge in [0.1, 0.15) is 0 Å². The van der Waals surface area contributed by atoms with E-state index in [0.29, 0.717) is 4.47 Å². The van der Waals surface area contributed by atoms with Gasteiger partial charge in [-0.3, -0.25) is 9.59 Å². The molecule has 1 aromatic carbocycles. The van der Waals surface area contributed by atoms with Crippen LogP contribution >= 0.6 is 27.5 Å². The number of benzene rings is 1. The summed E-state index contributed by atoms with van der Waals surface area (Å²) in [6, 6.07) is 4.22. The summed E-state index contributed by atoms with van der Waals surface area (Å²) in [5.41, 5.74) is 0. The van der Waals surface area contributed by atoms with Gasteiger partial charge in [-0.2, -0.15) is 0 Å². The SMILES string of the molecule is O=C(O)[C@@H]1C[C@@H](S(=O)(=O)c2ccc(Br)cc2Cl)C[C@H]1C(=O)N1CCC(F)(F)C1. The molecule has 3 atom stereocenters. The van der Waals surface area contributed by atoms with Crippen LogP contribution in [0.4, 0.5) is 8.78 Å². The lowest BCUT2D eigenvalue weighted by Gasteiger charge is -2.22. The van der Waals surface area contributed by atoms with Crippen LogP contribution in [0.15, 0.2) is 27.6 Å². The Morgan fingerprint density at radius 1 is 1.25 bits per heavy atom. The first-order valence-corrected chi connectivity index (χ1v) is 11.2. The van der Waals surface area contributed by atoms with Crippen LogP contribution in [0.1, 0.15) is 19.3 Å². The van der Waals surface area contributed by atoms with Gasteiger partial charge >= 0.3 is 5.97 Å². The molecule has 1 heterocycles. The average molecular weight is 501 g/mol. The van der Waals surface area contributed by atoms with Crippen molar-refractivity contribution < 1.29 is 31.9 Å². The minimum absolute atomic E-state index is 0.0183. The number of sulfone groups is 1. The van der Waals surface area contributed by atoms with E-state index in [2.05, 4.69) is 15.9 Å². The number of halogens is 4. The Bertz CT molecular complexity index is 926. The molecule has 1 aromatic rings. The molecule has 3 rings (SSSR count). The second-order valence-corrected chi connectivity index (χ2v) is 10.6. The maximum atomic E-state index is 13.4. The number of hydrogen-bond donors (Lipinski definition) is 1. The van der Waals surface area contributed by atoms with E-state index in [0.717, 1.165) is 4.90 Å². The van der Waals surface area contributed by atoms with Gasteiger partial charge in [-0.1, -0.05) is 27.5 Å².